The van der Waals surface area contributed by atoms with Crippen LogP contribution >= 0.6 is 0 Å². The molecule has 2 fully saturated rings. The fourth-order valence-electron chi connectivity index (χ4n) is 4.79. The molecule has 0 aliphatic carbocycles. The number of nitrogens with one attached hydrogen (secondary N) is 1. The highest BCUT2D eigenvalue weighted by Crippen LogP contribution is 2.39. The summed E-state index contributed by atoms with van der Waals surface area (Å²) >= 11 is 0. The van der Waals surface area contributed by atoms with E-state index in [0.29, 0.717) is 24.4 Å². The molecule has 36 heavy (non-hydrogen) atoms. The van der Waals surface area contributed by atoms with E-state index >= 15 is 0 Å². The number of benzene rings is 1. The number of aromatic nitrogens is 3. The van der Waals surface area contributed by atoms with Gasteiger partial charge >= 0.3 is 12.2 Å². The number of imidazole rings is 1. The molecule has 5 rings (SSSR count). The second-order valence-corrected chi connectivity index (χ2v) is 9.07. The molecule has 3 aromatic rings. The number of urea groups is 1. The van der Waals surface area contributed by atoms with Crippen LogP contribution in [-0.4, -0.2) is 62.0 Å². The highest BCUT2D eigenvalue weighted by molar-refractivity contribution is 5.88. The fourth-order valence-corrected chi connectivity index (χ4v) is 4.79. The number of carbonyl (C=O) groups is 1. The number of nitrogens with zero attached hydrogens (tertiary/aromatic N) is 5. The van der Waals surface area contributed by atoms with Crippen molar-refractivity contribution >= 4 is 23.3 Å². The molecule has 192 valence electrons. The summed E-state index contributed by atoms with van der Waals surface area (Å²) in [5.41, 5.74) is -2.17. The van der Waals surface area contributed by atoms with Crippen LogP contribution in [0.4, 0.5) is 38.4 Å². The molecule has 13 heteroatoms. The molecule has 0 spiro atoms. The number of hydrogen-bond acceptors (Lipinski definition) is 5. The molecule has 0 saturated carbocycles. The molecule has 0 radical (unpaired) electrons. The standard InChI is InChI=1S/C23H23F5N6O2/c24-14-3-4-16(25)15(12-14)17-2-1-9-33(17)19-6-5-18-29-13-20(34(18)31-19)30-21(35)32-10-7-22(36,8-11-32)23(26,27)28/h3-6,12-13,17,36H,1-2,7-11H2,(H,30,35). The zero-order valence-corrected chi connectivity index (χ0v) is 19.0. The molecular formula is C23H23F5N6O2. The van der Waals surface area contributed by atoms with Gasteiger partial charge in [0.2, 0.25) is 0 Å². The van der Waals surface area contributed by atoms with Gasteiger partial charge in [0.05, 0.1) is 12.2 Å². The number of likely N-dealkylation sites (tertiary alicyclic amines) is 1. The predicted octanol–water partition coefficient (Wildman–Crippen LogP) is 4.27. The van der Waals surface area contributed by atoms with Crippen LogP contribution in [0.25, 0.3) is 5.65 Å². The zero-order valence-electron chi connectivity index (χ0n) is 19.0. The van der Waals surface area contributed by atoms with Crippen LogP contribution in [0.5, 0.6) is 0 Å². The van der Waals surface area contributed by atoms with Gasteiger partial charge in [0.15, 0.2) is 17.1 Å². The van der Waals surface area contributed by atoms with E-state index in [2.05, 4.69) is 15.4 Å². The summed E-state index contributed by atoms with van der Waals surface area (Å²) < 4.78 is 68.8. The van der Waals surface area contributed by atoms with Crippen LogP contribution in [0, 0.1) is 11.6 Å². The quantitative estimate of drug-likeness (QED) is 0.514. The summed E-state index contributed by atoms with van der Waals surface area (Å²) in [6.45, 7) is 0.0171. The minimum Gasteiger partial charge on any atom is -0.380 e. The third-order valence-electron chi connectivity index (χ3n) is 6.85. The highest BCUT2D eigenvalue weighted by atomic mass is 19.4. The normalized spacial score (nSPS) is 20.2. The Bertz CT molecular complexity index is 1290. The van der Waals surface area contributed by atoms with Gasteiger partial charge in [-0.2, -0.15) is 17.7 Å². The average molecular weight is 510 g/mol. The topological polar surface area (TPSA) is 86.0 Å². The summed E-state index contributed by atoms with van der Waals surface area (Å²) in [5.74, 6) is -0.381. The molecule has 2 aliphatic rings. The van der Waals surface area contributed by atoms with E-state index in [-0.39, 0.29) is 24.5 Å². The van der Waals surface area contributed by atoms with Crippen LogP contribution in [0.2, 0.25) is 0 Å². The van der Waals surface area contributed by atoms with Gasteiger partial charge in [0.1, 0.15) is 17.5 Å². The fraction of sp³-hybridized carbons (Fsp3) is 0.435. The molecule has 0 bridgehead atoms. The van der Waals surface area contributed by atoms with Crippen LogP contribution in [0.15, 0.2) is 36.5 Å². The smallest absolute Gasteiger partial charge is 0.380 e. The molecule has 4 heterocycles. The van der Waals surface area contributed by atoms with Crippen molar-refractivity contribution in [3.8, 4) is 0 Å². The summed E-state index contributed by atoms with van der Waals surface area (Å²) in [7, 11) is 0. The minimum atomic E-state index is -4.76. The third kappa shape index (κ3) is 4.31. The highest BCUT2D eigenvalue weighted by Gasteiger charge is 2.55. The first-order valence-electron chi connectivity index (χ1n) is 11.5. The second kappa shape index (κ2) is 8.87. The average Bonchev–Trinajstić information content (AvgIpc) is 3.47. The number of anilines is 2. The van der Waals surface area contributed by atoms with Crippen molar-refractivity contribution in [3.05, 3.63) is 53.7 Å². The maximum atomic E-state index is 14.5. The molecule has 2 saturated heterocycles. The lowest BCUT2D eigenvalue weighted by Gasteiger charge is -2.38. The van der Waals surface area contributed by atoms with Gasteiger partial charge in [-0.05, 0) is 43.2 Å². The van der Waals surface area contributed by atoms with E-state index in [9.17, 15) is 31.9 Å². The van der Waals surface area contributed by atoms with E-state index in [4.69, 9.17) is 0 Å². The zero-order chi connectivity index (χ0) is 25.7. The largest absolute Gasteiger partial charge is 0.417 e. The minimum absolute atomic E-state index is 0.196. The van der Waals surface area contributed by atoms with Crippen molar-refractivity contribution in [2.24, 2.45) is 0 Å². The van der Waals surface area contributed by atoms with Crippen molar-refractivity contribution in [1.82, 2.24) is 19.5 Å². The van der Waals surface area contributed by atoms with Crippen LogP contribution in [0.1, 0.15) is 37.3 Å². The van der Waals surface area contributed by atoms with Gasteiger partial charge in [0.25, 0.3) is 0 Å². The Labute approximate surface area is 202 Å². The van der Waals surface area contributed by atoms with E-state index < -0.39 is 48.3 Å². The first-order chi connectivity index (χ1) is 17.1. The number of halogens is 5. The molecule has 2 amide bonds. The Morgan fingerprint density at radius 1 is 1.11 bits per heavy atom. The summed E-state index contributed by atoms with van der Waals surface area (Å²) in [6.07, 6.45) is -3.29. The predicted molar refractivity (Wildman–Crippen MR) is 119 cm³/mol. The Kier molecular flexibility index (Phi) is 5.97. The SMILES string of the molecule is O=C(Nc1cnc2ccc(N3CCCC3c3cc(F)ccc3F)nn12)N1CCC(O)(C(F)(F)F)CC1. The molecule has 8 nitrogen and oxygen atoms in total. The molecule has 1 unspecified atom stereocenters. The van der Waals surface area contributed by atoms with Crippen molar-refractivity contribution in [2.45, 2.75) is 43.5 Å². The lowest BCUT2D eigenvalue weighted by Crippen LogP contribution is -2.55. The van der Waals surface area contributed by atoms with E-state index in [1.165, 1.54) is 21.7 Å². The molecular weight excluding hydrogens is 487 g/mol. The molecule has 1 atom stereocenters. The molecule has 2 aliphatic heterocycles. The third-order valence-corrected chi connectivity index (χ3v) is 6.85. The van der Waals surface area contributed by atoms with Gasteiger partial charge in [-0.3, -0.25) is 5.32 Å². The molecule has 2 aromatic heterocycles. The number of carbonyl (C=O) groups excluding carboxylic acids is 1. The van der Waals surface area contributed by atoms with Gasteiger partial charge in [-0.25, -0.2) is 18.6 Å². The maximum Gasteiger partial charge on any atom is 0.417 e. The number of piperidine rings is 1. The number of aliphatic hydroxyl groups is 1. The van der Waals surface area contributed by atoms with E-state index in [0.717, 1.165) is 18.6 Å². The Balaban J connectivity index is 1.35. The van der Waals surface area contributed by atoms with Gasteiger partial charge in [-0.15, -0.1) is 5.10 Å². The summed E-state index contributed by atoms with van der Waals surface area (Å²) in [6, 6.07) is 5.64. The van der Waals surface area contributed by atoms with Crippen molar-refractivity contribution < 1.29 is 31.9 Å². The molecule has 2 N–H and O–H groups in total. The van der Waals surface area contributed by atoms with Crippen LogP contribution in [-0.2, 0) is 0 Å². The monoisotopic (exact) mass is 510 g/mol. The van der Waals surface area contributed by atoms with Gasteiger partial charge in [0, 0.05) is 38.0 Å². The first kappa shape index (κ1) is 24.2. The number of fused-ring (bicyclic) bond motifs is 1. The number of amides is 2. The second-order valence-electron chi connectivity index (χ2n) is 9.07. The van der Waals surface area contributed by atoms with Crippen molar-refractivity contribution in [3.63, 3.8) is 0 Å². The van der Waals surface area contributed by atoms with Crippen LogP contribution < -0.4 is 10.2 Å². The van der Waals surface area contributed by atoms with Gasteiger partial charge in [-0.1, -0.05) is 0 Å². The van der Waals surface area contributed by atoms with Crippen LogP contribution in [0.3, 0.4) is 0 Å². The van der Waals surface area contributed by atoms with E-state index in [1.54, 1.807) is 12.1 Å². The number of rotatable bonds is 3. The molecule has 1 aromatic carbocycles. The summed E-state index contributed by atoms with van der Waals surface area (Å²) in [5, 5.41) is 17.0. The Morgan fingerprint density at radius 3 is 2.58 bits per heavy atom. The maximum absolute atomic E-state index is 14.5. The lowest BCUT2D eigenvalue weighted by molar-refractivity contribution is -0.271. The van der Waals surface area contributed by atoms with E-state index in [1.807, 2.05) is 4.90 Å². The first-order valence-corrected chi connectivity index (χ1v) is 11.5. The Hall–Kier alpha value is -3.48. The van der Waals surface area contributed by atoms with Gasteiger partial charge < -0.3 is 14.9 Å². The Morgan fingerprint density at radius 2 is 1.86 bits per heavy atom. The lowest BCUT2D eigenvalue weighted by atomic mass is 9.91. The van der Waals surface area contributed by atoms with Crippen molar-refractivity contribution in [1.29, 1.82) is 0 Å². The number of alkyl halides is 3. The summed E-state index contributed by atoms with van der Waals surface area (Å²) in [4.78, 5) is 19.9. The van der Waals surface area contributed by atoms with Crippen molar-refractivity contribution in [2.75, 3.05) is 29.9 Å². The number of hydrogen-bond donors (Lipinski definition) is 2.